The molecule has 0 fully saturated rings. The van der Waals surface area contributed by atoms with Gasteiger partial charge in [-0.15, -0.1) is 5.10 Å². The Labute approximate surface area is 231 Å². The van der Waals surface area contributed by atoms with Crippen molar-refractivity contribution >= 4 is 41.2 Å². The maximum absolute atomic E-state index is 12.8. The molecule has 2 heterocycles. The number of allylic oxidation sites excluding steroid dienone is 1. The number of benzene rings is 2. The lowest BCUT2D eigenvalue weighted by molar-refractivity contribution is -0.136. The van der Waals surface area contributed by atoms with Crippen molar-refractivity contribution in [3.05, 3.63) is 76.0 Å². The average molecular weight is 556 g/mol. The average Bonchev–Trinajstić information content (AvgIpc) is 3.33. The van der Waals surface area contributed by atoms with Crippen molar-refractivity contribution in [2.45, 2.75) is 37.7 Å². The number of nitrogens with one attached hydrogen (secondary N) is 1. The number of amides is 1. The van der Waals surface area contributed by atoms with E-state index in [1.807, 2.05) is 57.2 Å². The number of halogens is 1. The summed E-state index contributed by atoms with van der Waals surface area (Å²) in [6.07, 6.45) is 0. The standard InChI is InChI=1S/C27H30ClN5O4S/c1-5-32(6-2)22(34)15-37-20-13-11-18(12-14-20)24-23(25(35)36-4)17(3)29-26-30-27(31-33(24)26)38-16-19-9-7-8-10-21(19)28/h7-14,24H,5-6,15-16H2,1-4H3,(H,29,30,31). The zero-order valence-electron chi connectivity index (χ0n) is 21.7. The van der Waals surface area contributed by atoms with Gasteiger partial charge in [0.05, 0.1) is 12.7 Å². The normalized spacial score (nSPS) is 14.5. The second-order valence-electron chi connectivity index (χ2n) is 8.52. The SMILES string of the molecule is CCN(CC)C(=O)COc1ccc(C2C(C(=O)OC)=C(C)Nc3nc(SCc4ccccc4Cl)nn32)cc1. The molecule has 11 heteroatoms. The zero-order chi connectivity index (χ0) is 27.2. The fraction of sp³-hybridized carbons (Fsp3) is 0.333. The summed E-state index contributed by atoms with van der Waals surface area (Å²) in [5, 5.41) is 9.13. The molecule has 200 valence electrons. The number of esters is 1. The number of carbonyl (C=O) groups excluding carboxylic acids is 2. The second kappa shape index (κ2) is 12.4. The molecule has 9 nitrogen and oxygen atoms in total. The van der Waals surface area contributed by atoms with Crippen LogP contribution in [-0.4, -0.2) is 58.3 Å². The number of hydrogen-bond donors (Lipinski definition) is 1. The maximum Gasteiger partial charge on any atom is 0.338 e. The van der Waals surface area contributed by atoms with Gasteiger partial charge in [0.1, 0.15) is 11.8 Å². The first kappa shape index (κ1) is 27.5. The molecule has 1 amide bonds. The topological polar surface area (TPSA) is 98.6 Å². The van der Waals surface area contributed by atoms with Gasteiger partial charge in [-0.25, -0.2) is 9.48 Å². The Balaban J connectivity index is 1.59. The van der Waals surface area contributed by atoms with Gasteiger partial charge >= 0.3 is 5.97 Å². The third kappa shape index (κ3) is 5.97. The van der Waals surface area contributed by atoms with Crippen LogP contribution in [0.15, 0.2) is 65.0 Å². The fourth-order valence-corrected chi connectivity index (χ4v) is 5.31. The molecule has 0 bridgehead atoms. The Morgan fingerprint density at radius 2 is 1.84 bits per heavy atom. The number of carbonyl (C=O) groups is 2. The monoisotopic (exact) mass is 555 g/mol. The van der Waals surface area contributed by atoms with Gasteiger partial charge in [0.15, 0.2) is 6.61 Å². The van der Waals surface area contributed by atoms with E-state index in [1.165, 1.54) is 18.9 Å². The smallest absolute Gasteiger partial charge is 0.338 e. The van der Waals surface area contributed by atoms with Crippen LogP contribution in [0.4, 0.5) is 5.95 Å². The van der Waals surface area contributed by atoms with E-state index in [0.717, 1.165) is 11.1 Å². The quantitative estimate of drug-likeness (QED) is 0.278. The second-order valence-corrected chi connectivity index (χ2v) is 9.87. The summed E-state index contributed by atoms with van der Waals surface area (Å²) in [4.78, 5) is 31.5. The lowest BCUT2D eigenvalue weighted by Gasteiger charge is -2.27. The van der Waals surface area contributed by atoms with Crippen LogP contribution in [0.3, 0.4) is 0 Å². The van der Waals surface area contributed by atoms with Crippen LogP contribution in [0.2, 0.25) is 5.02 Å². The summed E-state index contributed by atoms with van der Waals surface area (Å²) in [7, 11) is 1.35. The van der Waals surface area contributed by atoms with Crippen molar-refractivity contribution in [3.8, 4) is 5.75 Å². The van der Waals surface area contributed by atoms with E-state index in [0.29, 0.717) is 52.0 Å². The number of ether oxygens (including phenoxy) is 2. The lowest BCUT2D eigenvalue weighted by atomic mass is 9.96. The molecule has 1 aliphatic rings. The minimum Gasteiger partial charge on any atom is -0.484 e. The Morgan fingerprint density at radius 1 is 1.13 bits per heavy atom. The summed E-state index contributed by atoms with van der Waals surface area (Å²) in [5.74, 6) is 1.14. The van der Waals surface area contributed by atoms with E-state index in [1.54, 1.807) is 21.7 Å². The Hall–Kier alpha value is -3.50. The Morgan fingerprint density at radius 3 is 2.50 bits per heavy atom. The molecule has 2 aromatic carbocycles. The largest absolute Gasteiger partial charge is 0.484 e. The molecule has 0 saturated heterocycles. The molecule has 0 saturated carbocycles. The molecule has 1 aromatic heterocycles. The number of fused-ring (bicyclic) bond motifs is 1. The number of rotatable bonds is 10. The van der Waals surface area contributed by atoms with Crippen LogP contribution < -0.4 is 10.1 Å². The highest BCUT2D eigenvalue weighted by Gasteiger charge is 2.35. The van der Waals surface area contributed by atoms with Crippen molar-refractivity contribution in [2.75, 3.05) is 32.1 Å². The van der Waals surface area contributed by atoms with Crippen molar-refractivity contribution < 1.29 is 19.1 Å². The first-order chi connectivity index (χ1) is 18.4. The number of methoxy groups -OCH3 is 1. The number of nitrogens with zero attached hydrogens (tertiary/aromatic N) is 4. The van der Waals surface area contributed by atoms with E-state index in [4.69, 9.17) is 26.2 Å². The Kier molecular flexibility index (Phi) is 8.96. The van der Waals surface area contributed by atoms with Gasteiger partial charge < -0.3 is 19.7 Å². The third-order valence-electron chi connectivity index (χ3n) is 6.23. The van der Waals surface area contributed by atoms with Crippen LogP contribution in [-0.2, 0) is 20.1 Å². The minimum atomic E-state index is -0.563. The highest BCUT2D eigenvalue weighted by atomic mass is 35.5. The highest BCUT2D eigenvalue weighted by molar-refractivity contribution is 7.98. The third-order valence-corrected chi connectivity index (χ3v) is 7.48. The van der Waals surface area contributed by atoms with Crippen LogP contribution in [0.5, 0.6) is 5.75 Å². The van der Waals surface area contributed by atoms with E-state index in [2.05, 4.69) is 10.3 Å². The van der Waals surface area contributed by atoms with Crippen LogP contribution >= 0.6 is 23.4 Å². The van der Waals surface area contributed by atoms with Gasteiger partial charge in [0.2, 0.25) is 11.1 Å². The van der Waals surface area contributed by atoms with Crippen LogP contribution in [0.1, 0.15) is 37.9 Å². The van der Waals surface area contributed by atoms with Gasteiger partial charge in [-0.3, -0.25) is 4.79 Å². The van der Waals surface area contributed by atoms with E-state index >= 15 is 0 Å². The molecule has 1 N–H and O–H groups in total. The van der Waals surface area contributed by atoms with Gasteiger partial charge in [0.25, 0.3) is 5.91 Å². The number of likely N-dealkylation sites (N-methyl/N-ethyl adjacent to an activating group) is 1. The summed E-state index contributed by atoms with van der Waals surface area (Å²) in [5.41, 5.74) is 2.84. The summed E-state index contributed by atoms with van der Waals surface area (Å²) in [6, 6.07) is 14.3. The molecule has 0 radical (unpaired) electrons. The molecule has 1 aliphatic heterocycles. The molecular weight excluding hydrogens is 526 g/mol. The van der Waals surface area contributed by atoms with E-state index in [-0.39, 0.29) is 12.5 Å². The predicted molar refractivity (Wildman–Crippen MR) is 147 cm³/mol. The molecular formula is C27H30ClN5O4S. The summed E-state index contributed by atoms with van der Waals surface area (Å²) < 4.78 is 12.5. The van der Waals surface area contributed by atoms with Gasteiger partial charge in [-0.2, -0.15) is 4.98 Å². The van der Waals surface area contributed by atoms with Crippen molar-refractivity contribution in [3.63, 3.8) is 0 Å². The predicted octanol–water partition coefficient (Wildman–Crippen LogP) is 4.93. The van der Waals surface area contributed by atoms with Gasteiger partial charge in [-0.05, 0) is 50.1 Å². The van der Waals surface area contributed by atoms with Gasteiger partial charge in [-0.1, -0.05) is 53.7 Å². The number of thioether (sulfide) groups is 1. The summed E-state index contributed by atoms with van der Waals surface area (Å²) >= 11 is 7.76. The number of aromatic nitrogens is 3. The summed E-state index contributed by atoms with van der Waals surface area (Å²) in [6.45, 7) is 6.90. The molecule has 38 heavy (non-hydrogen) atoms. The molecule has 0 aliphatic carbocycles. The molecule has 1 atom stereocenters. The van der Waals surface area contributed by atoms with E-state index in [9.17, 15) is 9.59 Å². The van der Waals surface area contributed by atoms with Crippen molar-refractivity contribution in [2.24, 2.45) is 0 Å². The first-order valence-electron chi connectivity index (χ1n) is 12.3. The molecule has 4 rings (SSSR count). The highest BCUT2D eigenvalue weighted by Crippen LogP contribution is 2.37. The lowest BCUT2D eigenvalue weighted by Crippen LogP contribution is -2.34. The van der Waals surface area contributed by atoms with Crippen LogP contribution in [0.25, 0.3) is 0 Å². The minimum absolute atomic E-state index is 0.0416. The maximum atomic E-state index is 12.8. The van der Waals surface area contributed by atoms with Crippen molar-refractivity contribution in [1.82, 2.24) is 19.7 Å². The number of anilines is 1. The van der Waals surface area contributed by atoms with Crippen molar-refractivity contribution in [1.29, 1.82) is 0 Å². The van der Waals surface area contributed by atoms with Gasteiger partial charge in [0, 0.05) is 29.6 Å². The Bertz CT molecular complexity index is 1340. The zero-order valence-corrected chi connectivity index (χ0v) is 23.3. The first-order valence-corrected chi connectivity index (χ1v) is 13.6. The van der Waals surface area contributed by atoms with E-state index < -0.39 is 12.0 Å². The molecule has 1 unspecified atom stereocenters. The number of hydrogen-bond acceptors (Lipinski definition) is 8. The molecule has 0 spiro atoms. The van der Waals surface area contributed by atoms with Crippen LogP contribution in [0, 0.1) is 0 Å². The fourth-order valence-electron chi connectivity index (χ4n) is 4.19. The molecule has 3 aromatic rings.